The molecule has 0 radical (unpaired) electrons. The minimum Gasteiger partial charge on any atom is -0.497 e. The molecule has 3 rings (SSSR count). The quantitative estimate of drug-likeness (QED) is 0.723. The van der Waals surface area contributed by atoms with Crippen molar-refractivity contribution in [3.63, 3.8) is 0 Å². The van der Waals surface area contributed by atoms with Crippen molar-refractivity contribution in [2.75, 3.05) is 12.8 Å². The summed E-state index contributed by atoms with van der Waals surface area (Å²) in [5.41, 5.74) is 7.32. The number of thioether (sulfide) groups is 1. The van der Waals surface area contributed by atoms with Crippen LogP contribution in [0.3, 0.4) is 0 Å². The van der Waals surface area contributed by atoms with Gasteiger partial charge in [-0.3, -0.25) is 0 Å². The molecule has 0 fully saturated rings. The average Bonchev–Trinajstić information content (AvgIpc) is 3.14. The number of anilines is 1. The van der Waals surface area contributed by atoms with Gasteiger partial charge < -0.3 is 15.0 Å². The van der Waals surface area contributed by atoms with Crippen molar-refractivity contribution in [1.29, 1.82) is 0 Å². The summed E-state index contributed by atoms with van der Waals surface area (Å²) < 4.78 is 11.3. The lowest BCUT2D eigenvalue weighted by atomic mass is 10.1. The Hall–Kier alpha value is -2.06. The third-order valence-electron chi connectivity index (χ3n) is 2.70. The second-order valence-electron chi connectivity index (χ2n) is 4.10. The van der Waals surface area contributed by atoms with Crippen LogP contribution in [-0.4, -0.2) is 22.5 Å². The van der Waals surface area contributed by atoms with Crippen molar-refractivity contribution in [2.45, 2.75) is 10.1 Å². The molecule has 0 spiro atoms. The fourth-order valence-electron chi connectivity index (χ4n) is 1.69. The van der Waals surface area contributed by atoms with Crippen LogP contribution < -0.4 is 10.5 Å². The summed E-state index contributed by atoms with van der Waals surface area (Å²) in [6.07, 6.45) is 0. The molecule has 21 heavy (non-hydrogen) atoms. The smallest absolute Gasteiger partial charge is 0.203 e. The summed E-state index contributed by atoms with van der Waals surface area (Å²) in [5, 5.41) is 12.3. The van der Waals surface area contributed by atoms with Crippen LogP contribution in [0.2, 0.25) is 0 Å². The Morgan fingerprint density at radius 3 is 2.76 bits per heavy atom. The summed E-state index contributed by atoms with van der Waals surface area (Å²) in [5.74, 6) is 2.23. The second-order valence-corrected chi connectivity index (χ2v) is 6.33. The van der Waals surface area contributed by atoms with E-state index in [0.717, 1.165) is 27.1 Å². The van der Waals surface area contributed by atoms with Crippen LogP contribution in [0.1, 0.15) is 5.76 Å². The van der Waals surface area contributed by atoms with Gasteiger partial charge in [-0.25, -0.2) is 0 Å². The zero-order valence-electron chi connectivity index (χ0n) is 11.1. The van der Waals surface area contributed by atoms with E-state index in [1.165, 1.54) is 23.1 Å². The van der Waals surface area contributed by atoms with E-state index in [1.807, 2.05) is 30.3 Å². The molecule has 8 heteroatoms. The number of methoxy groups -OCH3 is 1. The van der Waals surface area contributed by atoms with Gasteiger partial charge in [0.2, 0.25) is 5.13 Å². The van der Waals surface area contributed by atoms with Gasteiger partial charge in [-0.2, -0.15) is 0 Å². The van der Waals surface area contributed by atoms with Crippen LogP contribution in [0.25, 0.3) is 11.3 Å². The lowest BCUT2D eigenvalue weighted by molar-refractivity contribution is 0.397. The molecule has 2 heterocycles. The molecule has 0 unspecified atom stereocenters. The third-order valence-corrected chi connectivity index (χ3v) is 4.61. The minimum absolute atomic E-state index is 0.467. The van der Waals surface area contributed by atoms with Crippen molar-refractivity contribution in [3.05, 3.63) is 36.1 Å². The average molecular weight is 320 g/mol. The summed E-state index contributed by atoms with van der Waals surface area (Å²) in [7, 11) is 1.64. The number of ether oxygens (including phenoxy) is 1. The first kappa shape index (κ1) is 13.9. The van der Waals surface area contributed by atoms with Gasteiger partial charge in [0, 0.05) is 11.6 Å². The number of rotatable bonds is 5. The molecule has 2 aromatic heterocycles. The van der Waals surface area contributed by atoms with Gasteiger partial charge in [0.05, 0.1) is 12.9 Å². The molecule has 3 aromatic rings. The second kappa shape index (κ2) is 6.15. The Bertz CT molecular complexity index is 724. The van der Waals surface area contributed by atoms with Gasteiger partial charge in [-0.05, 0) is 24.3 Å². The fourth-order valence-corrected chi connectivity index (χ4v) is 3.20. The molecule has 0 saturated heterocycles. The molecule has 0 aliphatic rings. The van der Waals surface area contributed by atoms with Crippen LogP contribution in [0, 0.1) is 0 Å². The Morgan fingerprint density at radius 1 is 1.29 bits per heavy atom. The van der Waals surface area contributed by atoms with Crippen molar-refractivity contribution in [1.82, 2.24) is 15.4 Å². The number of nitrogens with zero attached hydrogens (tertiary/aromatic N) is 3. The fraction of sp³-hybridized carbons (Fsp3) is 0.154. The highest BCUT2D eigenvalue weighted by molar-refractivity contribution is 8.00. The molecule has 0 aliphatic heterocycles. The van der Waals surface area contributed by atoms with E-state index in [0.29, 0.717) is 10.9 Å². The summed E-state index contributed by atoms with van der Waals surface area (Å²) in [6.45, 7) is 0. The van der Waals surface area contributed by atoms with Crippen molar-refractivity contribution < 1.29 is 9.26 Å². The lowest BCUT2D eigenvalue weighted by Gasteiger charge is -1.99. The number of nitrogen functional groups attached to an aromatic ring is 1. The molecule has 108 valence electrons. The van der Waals surface area contributed by atoms with Crippen LogP contribution in [0.15, 0.2) is 39.2 Å². The maximum atomic E-state index is 5.54. The predicted molar refractivity (Wildman–Crippen MR) is 82.4 cm³/mol. The number of nitrogens with two attached hydrogens (primary N) is 1. The van der Waals surface area contributed by atoms with Crippen molar-refractivity contribution in [3.8, 4) is 17.0 Å². The number of hydrogen-bond acceptors (Lipinski definition) is 8. The van der Waals surface area contributed by atoms with Crippen molar-refractivity contribution in [2.24, 2.45) is 0 Å². The Kier molecular flexibility index (Phi) is 4.07. The van der Waals surface area contributed by atoms with Gasteiger partial charge in [-0.15, -0.1) is 10.2 Å². The summed E-state index contributed by atoms with van der Waals surface area (Å²) in [6, 6.07) is 9.59. The van der Waals surface area contributed by atoms with E-state index in [-0.39, 0.29) is 0 Å². The van der Waals surface area contributed by atoms with E-state index in [4.69, 9.17) is 15.0 Å². The highest BCUT2D eigenvalue weighted by Gasteiger charge is 2.09. The van der Waals surface area contributed by atoms with Gasteiger partial charge in [0.15, 0.2) is 4.34 Å². The topological polar surface area (TPSA) is 87.1 Å². The zero-order chi connectivity index (χ0) is 14.7. The van der Waals surface area contributed by atoms with Gasteiger partial charge in [-0.1, -0.05) is 28.3 Å². The highest BCUT2D eigenvalue weighted by Crippen LogP contribution is 2.28. The van der Waals surface area contributed by atoms with Gasteiger partial charge >= 0.3 is 0 Å². The molecular weight excluding hydrogens is 308 g/mol. The molecule has 1 aromatic carbocycles. The first-order valence-electron chi connectivity index (χ1n) is 6.06. The predicted octanol–water partition coefficient (Wildman–Crippen LogP) is 3.08. The largest absolute Gasteiger partial charge is 0.497 e. The van der Waals surface area contributed by atoms with E-state index < -0.39 is 0 Å². The maximum absolute atomic E-state index is 5.54. The van der Waals surface area contributed by atoms with E-state index >= 15 is 0 Å². The highest BCUT2D eigenvalue weighted by atomic mass is 32.2. The summed E-state index contributed by atoms with van der Waals surface area (Å²) >= 11 is 2.88. The Balaban J connectivity index is 1.67. The first-order chi connectivity index (χ1) is 10.2. The normalized spacial score (nSPS) is 10.7. The summed E-state index contributed by atoms with van der Waals surface area (Å²) in [4.78, 5) is 0. The monoisotopic (exact) mass is 320 g/mol. The Labute approximate surface area is 129 Å². The molecule has 0 atom stereocenters. The van der Waals surface area contributed by atoms with Crippen LogP contribution in [0.4, 0.5) is 5.13 Å². The number of benzene rings is 1. The molecule has 2 N–H and O–H groups in total. The van der Waals surface area contributed by atoms with Crippen LogP contribution in [0.5, 0.6) is 5.75 Å². The van der Waals surface area contributed by atoms with Crippen LogP contribution >= 0.6 is 23.1 Å². The molecule has 0 aliphatic carbocycles. The number of hydrogen-bond donors (Lipinski definition) is 1. The zero-order valence-corrected chi connectivity index (χ0v) is 12.8. The molecule has 0 saturated carbocycles. The standard InChI is InChI=1S/C13H12N4O2S2/c1-18-9-4-2-8(3-5-9)11-6-10(19-17-11)7-20-13-16-15-12(14)21-13/h2-6H,7H2,1H3,(H2,14,15). The van der Waals surface area contributed by atoms with E-state index in [1.54, 1.807) is 7.11 Å². The SMILES string of the molecule is COc1ccc(-c2cc(CSc3nnc(N)s3)on2)cc1. The molecular formula is C13H12N4O2S2. The number of aromatic nitrogens is 3. The first-order valence-corrected chi connectivity index (χ1v) is 7.86. The van der Waals surface area contributed by atoms with Crippen molar-refractivity contribution >= 4 is 28.2 Å². The molecule has 6 nitrogen and oxygen atoms in total. The minimum atomic E-state index is 0.467. The van der Waals surface area contributed by atoms with Crippen LogP contribution in [-0.2, 0) is 5.75 Å². The maximum Gasteiger partial charge on any atom is 0.203 e. The molecule has 0 amide bonds. The molecule has 0 bridgehead atoms. The lowest BCUT2D eigenvalue weighted by Crippen LogP contribution is -1.82. The van der Waals surface area contributed by atoms with Gasteiger partial charge in [0.1, 0.15) is 17.2 Å². The van der Waals surface area contributed by atoms with Gasteiger partial charge in [0.25, 0.3) is 0 Å². The Morgan fingerprint density at radius 2 is 2.10 bits per heavy atom. The van der Waals surface area contributed by atoms with E-state index in [2.05, 4.69) is 15.4 Å². The third kappa shape index (κ3) is 3.34. The van der Waals surface area contributed by atoms with E-state index in [9.17, 15) is 0 Å².